The molecule has 0 aliphatic carbocycles. The highest BCUT2D eigenvalue weighted by molar-refractivity contribution is 6.01. The number of nitrogens with zero attached hydrogens (tertiary/aromatic N) is 10. The Morgan fingerprint density at radius 2 is 0.522 bits per heavy atom. The van der Waals surface area contributed by atoms with Gasteiger partial charge in [0.15, 0.2) is 0 Å². The van der Waals surface area contributed by atoms with Crippen LogP contribution in [0.4, 0.5) is 0 Å². The SMILES string of the molecule is C=CCOCCCc1c2nc(c(-c3nccn3C)c3ccc([nH]3)c(CCCOCC=C)c3nc(c(-c4cccc(-c5c6nc(c(CCC(=O)OC)c7ccc([nH]7)c(-c7cccc(-c8c9nc(c(CCCOCC=C)c%10ccc([nH]%10)c(-c%10nccn%10C)c%10nc(c(CCCOCC=C)c%11ccc8[nH]%11)C=C%10)C=C9)c7)c7nc(c(CCC(=O)OC)c8ccc5[nH]8)C=C7)C=C6)c4)c4ccc1[nH]4)C=C3)C=C2. The van der Waals surface area contributed by atoms with Crippen molar-refractivity contribution >= 4 is 151 Å². The van der Waals surface area contributed by atoms with Crippen LogP contribution in [0.15, 0.2) is 197 Å². The van der Waals surface area contributed by atoms with Crippen LogP contribution in [0.25, 0.3) is 206 Å². The Balaban J connectivity index is 0.809. The molecule has 6 aliphatic heterocycles. The van der Waals surface area contributed by atoms with Crippen LogP contribution in [-0.2, 0) is 90.6 Å². The molecule has 682 valence electrons. The van der Waals surface area contributed by atoms with Crippen molar-refractivity contribution in [3.63, 3.8) is 0 Å². The van der Waals surface area contributed by atoms with Crippen molar-refractivity contribution in [3.05, 3.63) is 298 Å². The Morgan fingerprint density at radius 3 is 0.750 bits per heavy atom. The number of methoxy groups -OCH3 is 2. The van der Waals surface area contributed by atoms with E-state index in [4.69, 9.17) is 68.3 Å². The second-order valence-corrected chi connectivity index (χ2v) is 34.0. The summed E-state index contributed by atoms with van der Waals surface area (Å²) in [5.41, 5.74) is 32.9. The number of ether oxygens (including phenoxy) is 6. The largest absolute Gasteiger partial charge is 0.469 e. The average Bonchev–Trinajstić information content (AvgIpc) is 1.67. The summed E-state index contributed by atoms with van der Waals surface area (Å²) in [5, 5.41) is 0. The van der Waals surface area contributed by atoms with E-state index < -0.39 is 0 Å². The van der Waals surface area contributed by atoms with Crippen molar-refractivity contribution in [1.29, 1.82) is 0 Å². The molecular weight excluding hydrogens is 1700 g/mol. The van der Waals surface area contributed by atoms with Gasteiger partial charge in [0.2, 0.25) is 0 Å². The van der Waals surface area contributed by atoms with Crippen molar-refractivity contribution in [2.45, 2.75) is 77.0 Å². The Labute approximate surface area is 787 Å². The number of fused-ring (bicyclic) bond motifs is 24. The first-order valence-corrected chi connectivity index (χ1v) is 46.3. The van der Waals surface area contributed by atoms with Gasteiger partial charge in [-0.05, 0) is 244 Å². The lowest BCUT2D eigenvalue weighted by Crippen LogP contribution is -2.03. The zero-order chi connectivity index (χ0) is 93.1. The van der Waals surface area contributed by atoms with Gasteiger partial charge in [0, 0.05) is 189 Å². The van der Waals surface area contributed by atoms with Gasteiger partial charge in [0.05, 0.1) is 131 Å². The van der Waals surface area contributed by atoms with E-state index in [0.717, 1.165) is 238 Å². The minimum atomic E-state index is -0.369. The summed E-state index contributed by atoms with van der Waals surface area (Å²) in [7, 11) is 6.84. The molecule has 24 bridgehead atoms. The number of carbonyl (C=O) groups excluding carboxylic acids is 2. The predicted octanol–water partition coefficient (Wildman–Crippen LogP) is 22.8. The van der Waals surface area contributed by atoms with Crippen molar-refractivity contribution in [3.8, 4) is 67.3 Å². The van der Waals surface area contributed by atoms with Crippen LogP contribution in [0.3, 0.4) is 0 Å². The molecule has 0 fully saturated rings. The quantitative estimate of drug-likeness (QED) is 0.0121. The van der Waals surface area contributed by atoms with E-state index in [0.29, 0.717) is 101 Å². The molecule has 17 heterocycles. The van der Waals surface area contributed by atoms with Gasteiger partial charge in [-0.1, -0.05) is 60.7 Å². The van der Waals surface area contributed by atoms with E-state index in [9.17, 15) is 9.59 Å². The van der Waals surface area contributed by atoms with Gasteiger partial charge in [0.25, 0.3) is 0 Å². The molecule has 6 N–H and O–H groups in total. The van der Waals surface area contributed by atoms with Crippen molar-refractivity contribution in [2.75, 3.05) is 67.1 Å². The van der Waals surface area contributed by atoms with Gasteiger partial charge in [-0.25, -0.2) is 39.9 Å². The van der Waals surface area contributed by atoms with E-state index in [1.54, 1.807) is 24.3 Å². The molecule has 2 aromatic carbocycles. The monoisotopic (exact) mass is 1800 g/mol. The number of H-pyrrole nitrogens is 6. The molecule has 6 aliphatic rings. The fourth-order valence-electron chi connectivity index (χ4n) is 18.8. The zero-order valence-corrected chi connectivity index (χ0v) is 76.8. The highest BCUT2D eigenvalue weighted by atomic mass is 16.5. The Bertz CT molecular complexity index is 7190. The summed E-state index contributed by atoms with van der Waals surface area (Å²) in [5.74, 6) is 0.800. The fourth-order valence-corrected chi connectivity index (χ4v) is 18.8. The van der Waals surface area contributed by atoms with Crippen LogP contribution in [0, 0.1) is 0 Å². The van der Waals surface area contributed by atoms with Gasteiger partial charge in [0.1, 0.15) is 11.6 Å². The molecular formula is C112H106N16O8. The van der Waals surface area contributed by atoms with E-state index >= 15 is 0 Å². The number of nitrogens with one attached hydrogen (secondary N) is 6. The molecule has 0 saturated carbocycles. The van der Waals surface area contributed by atoms with Gasteiger partial charge in [-0.3, -0.25) is 9.59 Å². The summed E-state index contributed by atoms with van der Waals surface area (Å²) >= 11 is 0. The predicted molar refractivity (Wildman–Crippen MR) is 548 cm³/mol. The molecule has 0 unspecified atom stereocenters. The topological polar surface area (TPSA) is 297 Å². The van der Waals surface area contributed by atoms with Gasteiger partial charge >= 0.3 is 11.9 Å². The van der Waals surface area contributed by atoms with Crippen LogP contribution in [0.1, 0.15) is 140 Å². The van der Waals surface area contributed by atoms with Crippen molar-refractivity contribution in [2.24, 2.45) is 14.1 Å². The number of aromatic nitrogens is 16. The Kier molecular flexibility index (Phi) is 26.9. The standard InChI is InChI=1S/C112H106N16O8/c1-9-59-133-63-15-23-73-79-29-41-91(115-79)105(92-42-30-80(116-92)74(24-16-64-134-60-10-2)84-38-50-100(124-84)109(99-49-37-83(73)123-99)111-113-55-57-127(111)5)69-19-13-21-71(67-69)107-95-45-33-87(119-95)77(27-53-103(129)131-7)89-35-47-97(121-89)108(98-48-36-90(122-98)78(28-54-104(130)132-8)88-34-46-96(107)120-88)72-22-14-20-70(68-72)106-93-43-31-81(117-93)75(25-17-65-135-61-11-3)85-39-51-101(125-85)110(112-114-56-58-128(112)6)102-52-40-86(126-102)76(26-18-66-136-62-12-4)82-32-44-94(106)118-82/h9-14,19-22,29-52,55-58,67-68,115,117,119,122,124,126H,1-4,15-18,23-28,53-54,59-66H2,5-8H3. The second kappa shape index (κ2) is 40.9. The molecule has 0 amide bonds. The first-order valence-electron chi connectivity index (χ1n) is 46.3. The summed E-state index contributed by atoms with van der Waals surface area (Å²) in [4.78, 5) is 94.2. The summed E-state index contributed by atoms with van der Waals surface area (Å²) in [6.07, 6.45) is 45.7. The maximum absolute atomic E-state index is 13.6. The highest BCUT2D eigenvalue weighted by Crippen LogP contribution is 2.43. The van der Waals surface area contributed by atoms with E-state index in [1.807, 2.05) is 72.3 Å². The normalized spacial score (nSPS) is 12.4. The third-order valence-electron chi connectivity index (χ3n) is 25.3. The maximum Gasteiger partial charge on any atom is 0.305 e. The maximum atomic E-state index is 13.6. The van der Waals surface area contributed by atoms with Crippen LogP contribution in [-0.4, -0.2) is 158 Å². The van der Waals surface area contributed by atoms with Crippen LogP contribution in [0.2, 0.25) is 0 Å². The summed E-state index contributed by atoms with van der Waals surface area (Å²) < 4.78 is 38.9. The number of benzene rings is 2. The minimum Gasteiger partial charge on any atom is -0.469 e. The molecule has 19 rings (SSSR count). The third kappa shape index (κ3) is 18.8. The van der Waals surface area contributed by atoms with Crippen LogP contribution >= 0.6 is 0 Å². The Hall–Kier alpha value is -15.6. The third-order valence-corrected chi connectivity index (χ3v) is 25.3. The van der Waals surface area contributed by atoms with Crippen LogP contribution in [0.5, 0.6) is 0 Å². The molecule has 0 radical (unpaired) electrons. The number of rotatable bonds is 36. The highest BCUT2D eigenvalue weighted by Gasteiger charge is 2.27. The first-order chi connectivity index (χ1) is 66.8. The number of aromatic amines is 6. The molecule has 0 spiro atoms. The lowest BCUT2D eigenvalue weighted by Gasteiger charge is -2.10. The number of hydrogen-bond acceptors (Lipinski definition) is 16. The molecule has 136 heavy (non-hydrogen) atoms. The number of hydrogen-bond donors (Lipinski definition) is 6. The Morgan fingerprint density at radius 1 is 0.301 bits per heavy atom. The molecule has 0 atom stereocenters. The smallest absolute Gasteiger partial charge is 0.305 e. The number of imidazole rings is 2. The first kappa shape index (κ1) is 89.6. The molecule has 13 aromatic rings. The second-order valence-electron chi connectivity index (χ2n) is 34.0. The lowest BCUT2D eigenvalue weighted by atomic mass is 9.97. The molecule has 0 saturated heterocycles. The summed E-state index contributed by atoms with van der Waals surface area (Å²) in [6, 6.07) is 42.4. The minimum absolute atomic E-state index is 0.0632. The van der Waals surface area contributed by atoms with Crippen LogP contribution < -0.4 is 0 Å². The fraction of sp³-hybridized carbons (Fsp3) is 0.214. The number of esters is 2. The zero-order valence-electron chi connectivity index (χ0n) is 76.8. The van der Waals surface area contributed by atoms with E-state index in [1.165, 1.54) is 14.2 Å². The lowest BCUT2D eigenvalue weighted by molar-refractivity contribution is -0.141. The molecule has 24 nitrogen and oxygen atoms in total. The van der Waals surface area contributed by atoms with Gasteiger partial charge < -0.3 is 67.5 Å². The molecule has 24 heteroatoms. The van der Waals surface area contributed by atoms with Gasteiger partial charge in [-0.2, -0.15) is 0 Å². The van der Waals surface area contributed by atoms with Crippen molar-refractivity contribution < 1.29 is 38.0 Å². The number of aryl methyl sites for hydroxylation is 8. The van der Waals surface area contributed by atoms with E-state index in [-0.39, 0.29) is 37.6 Å². The van der Waals surface area contributed by atoms with E-state index in [2.05, 4.69) is 226 Å². The average molecular weight is 1800 g/mol. The number of carbonyl (C=O) groups is 2. The summed E-state index contributed by atoms with van der Waals surface area (Å²) in [6.45, 7) is 19.5. The van der Waals surface area contributed by atoms with Crippen molar-refractivity contribution in [1.82, 2.24) is 78.9 Å². The van der Waals surface area contributed by atoms with Gasteiger partial charge in [-0.15, -0.1) is 26.3 Å². The molecule has 11 aromatic heterocycles.